The summed E-state index contributed by atoms with van der Waals surface area (Å²) in [5.74, 6) is -0.613. The number of allylic oxidation sites excluding steroid dienone is 1. The van der Waals surface area contributed by atoms with Crippen LogP contribution in [0.1, 0.15) is 38.5 Å². The average Bonchev–Trinajstić information content (AvgIpc) is 3.37. The number of aromatic nitrogens is 1. The second-order valence-electron chi connectivity index (χ2n) is 7.95. The van der Waals surface area contributed by atoms with Gasteiger partial charge in [0.05, 0.1) is 5.92 Å². The van der Waals surface area contributed by atoms with Gasteiger partial charge >= 0.3 is 0 Å². The van der Waals surface area contributed by atoms with Crippen LogP contribution < -0.4 is 5.32 Å². The van der Waals surface area contributed by atoms with Gasteiger partial charge in [0.2, 0.25) is 11.7 Å². The van der Waals surface area contributed by atoms with E-state index < -0.39 is 28.7 Å². The van der Waals surface area contributed by atoms with Gasteiger partial charge in [-0.3, -0.25) is 19.7 Å². The van der Waals surface area contributed by atoms with E-state index in [-0.39, 0.29) is 5.91 Å². The van der Waals surface area contributed by atoms with Crippen LogP contribution in [0.2, 0.25) is 0 Å². The summed E-state index contributed by atoms with van der Waals surface area (Å²) in [4.78, 5) is 42.3. The number of carbonyl (C=O) groups excluding carboxylic acids is 2. The van der Waals surface area contributed by atoms with Gasteiger partial charge in [-0.25, -0.2) is 4.98 Å². The number of hydrogen-bond donors (Lipinski definition) is 1. The highest BCUT2D eigenvalue weighted by Gasteiger charge is 2.44. The molecule has 3 atom stereocenters. The Morgan fingerprint density at radius 2 is 2.17 bits per heavy atom. The smallest absolute Gasteiger partial charge is 0.289 e. The summed E-state index contributed by atoms with van der Waals surface area (Å²) in [7, 11) is 0. The van der Waals surface area contributed by atoms with Crippen LogP contribution in [-0.4, -0.2) is 45.1 Å². The number of thiazole rings is 1. The number of rotatable bonds is 6. The van der Waals surface area contributed by atoms with Crippen LogP contribution in [0.3, 0.4) is 0 Å². The largest absolute Gasteiger partial charge is 0.364 e. The maximum Gasteiger partial charge on any atom is 0.289 e. The number of nitrogens with zero attached hydrogens (tertiary/aromatic N) is 3. The van der Waals surface area contributed by atoms with Crippen molar-refractivity contribution < 1.29 is 14.5 Å². The van der Waals surface area contributed by atoms with Crippen molar-refractivity contribution in [1.82, 2.24) is 9.88 Å². The quantitative estimate of drug-likeness (QED) is 0.564. The number of anilines is 1. The molecule has 1 amide bonds. The molecule has 1 N–H and O–H groups in total. The number of hydrogen-bond acceptors (Lipinski definition) is 7. The van der Waals surface area contributed by atoms with E-state index in [2.05, 4.69) is 10.3 Å². The molecule has 0 bridgehead atoms. The summed E-state index contributed by atoms with van der Waals surface area (Å²) >= 11 is 1.36. The van der Waals surface area contributed by atoms with Gasteiger partial charge in [-0.15, -0.1) is 11.3 Å². The molecule has 3 aliphatic rings. The summed E-state index contributed by atoms with van der Waals surface area (Å²) in [6, 6.07) is -1.71. The van der Waals surface area contributed by atoms with Crippen LogP contribution in [0.5, 0.6) is 0 Å². The van der Waals surface area contributed by atoms with Crippen molar-refractivity contribution in [2.24, 2.45) is 11.8 Å². The molecule has 0 radical (unpaired) electrons. The number of carbonyl (C=O) groups is 2. The van der Waals surface area contributed by atoms with Crippen molar-refractivity contribution in [3.63, 3.8) is 0 Å². The van der Waals surface area contributed by atoms with Gasteiger partial charge in [-0.2, -0.15) is 0 Å². The molecule has 4 rings (SSSR count). The van der Waals surface area contributed by atoms with E-state index >= 15 is 0 Å². The van der Waals surface area contributed by atoms with Crippen LogP contribution in [0.25, 0.3) is 0 Å². The topological polar surface area (TPSA) is 105 Å². The summed E-state index contributed by atoms with van der Waals surface area (Å²) in [6.45, 7) is 0.311. The zero-order valence-corrected chi connectivity index (χ0v) is 16.8. The number of nitrogens with one attached hydrogen (secondary N) is 1. The average molecular weight is 417 g/mol. The summed E-state index contributed by atoms with van der Waals surface area (Å²) in [6.07, 6.45) is 13.0. The van der Waals surface area contributed by atoms with Gasteiger partial charge < -0.3 is 10.2 Å². The molecule has 8 nitrogen and oxygen atoms in total. The predicted molar refractivity (Wildman–Crippen MR) is 109 cm³/mol. The molecular formula is C20H24N4O4S. The van der Waals surface area contributed by atoms with E-state index in [1.54, 1.807) is 17.7 Å². The molecule has 1 saturated carbocycles. The molecule has 2 aliphatic carbocycles. The molecular weight excluding hydrogens is 392 g/mol. The lowest BCUT2D eigenvalue weighted by Crippen LogP contribution is -2.44. The Kier molecular flexibility index (Phi) is 5.75. The number of nitro groups is 1. The molecule has 29 heavy (non-hydrogen) atoms. The lowest BCUT2D eigenvalue weighted by atomic mass is 9.84. The van der Waals surface area contributed by atoms with Gasteiger partial charge in [-0.05, 0) is 24.0 Å². The predicted octanol–water partition coefficient (Wildman–Crippen LogP) is 3.02. The Hall–Kier alpha value is -2.55. The van der Waals surface area contributed by atoms with Crippen molar-refractivity contribution in [3.8, 4) is 0 Å². The van der Waals surface area contributed by atoms with Crippen molar-refractivity contribution in [3.05, 3.63) is 45.6 Å². The fourth-order valence-electron chi connectivity index (χ4n) is 4.56. The summed E-state index contributed by atoms with van der Waals surface area (Å²) in [5, 5.41) is 16.4. The van der Waals surface area contributed by atoms with E-state index in [9.17, 15) is 19.7 Å². The molecule has 154 valence electrons. The second-order valence-corrected chi connectivity index (χ2v) is 8.85. The maximum atomic E-state index is 13.1. The summed E-state index contributed by atoms with van der Waals surface area (Å²) < 4.78 is 0. The van der Waals surface area contributed by atoms with E-state index in [1.807, 2.05) is 11.1 Å². The third-order valence-electron chi connectivity index (χ3n) is 6.09. The molecule has 0 spiro atoms. The molecule has 1 aromatic heterocycles. The lowest BCUT2D eigenvalue weighted by Gasteiger charge is -2.32. The monoisotopic (exact) mass is 416 g/mol. The highest BCUT2D eigenvalue weighted by Crippen LogP contribution is 2.34. The Bertz CT molecular complexity index is 845. The Labute approximate surface area is 172 Å². The Balaban J connectivity index is 1.53. The van der Waals surface area contributed by atoms with E-state index in [1.165, 1.54) is 36.7 Å². The highest BCUT2D eigenvalue weighted by molar-refractivity contribution is 7.13. The van der Waals surface area contributed by atoms with Gasteiger partial charge in [-0.1, -0.05) is 38.2 Å². The Morgan fingerprint density at radius 1 is 1.38 bits per heavy atom. The van der Waals surface area contributed by atoms with Crippen LogP contribution in [0, 0.1) is 22.0 Å². The van der Waals surface area contributed by atoms with Gasteiger partial charge in [0.25, 0.3) is 6.04 Å². The molecule has 1 fully saturated rings. The van der Waals surface area contributed by atoms with E-state index in [0.29, 0.717) is 24.0 Å². The van der Waals surface area contributed by atoms with Crippen LogP contribution in [0.15, 0.2) is 35.5 Å². The fourth-order valence-corrected chi connectivity index (χ4v) is 5.10. The first-order valence-electron chi connectivity index (χ1n) is 10.1. The van der Waals surface area contributed by atoms with Gasteiger partial charge in [0, 0.05) is 29.2 Å². The molecule has 0 aromatic carbocycles. The zero-order chi connectivity index (χ0) is 20.4. The minimum atomic E-state index is -1.29. The lowest BCUT2D eigenvalue weighted by molar-refractivity contribution is -0.495. The zero-order valence-electron chi connectivity index (χ0n) is 16.0. The first-order valence-corrected chi connectivity index (χ1v) is 10.9. The van der Waals surface area contributed by atoms with E-state index in [0.717, 1.165) is 18.4 Å². The van der Waals surface area contributed by atoms with Crippen LogP contribution in [0.4, 0.5) is 5.13 Å². The molecule has 9 heteroatoms. The molecule has 3 unspecified atom stereocenters. The second kappa shape index (κ2) is 8.44. The van der Waals surface area contributed by atoms with Gasteiger partial charge in [0.15, 0.2) is 5.13 Å². The van der Waals surface area contributed by atoms with Crippen LogP contribution >= 0.6 is 11.3 Å². The fraction of sp³-hybridized carbons (Fsp3) is 0.550. The molecule has 1 aliphatic heterocycles. The highest BCUT2D eigenvalue weighted by atomic mass is 32.1. The van der Waals surface area contributed by atoms with Crippen molar-refractivity contribution >= 4 is 28.2 Å². The van der Waals surface area contributed by atoms with E-state index in [4.69, 9.17) is 0 Å². The van der Waals surface area contributed by atoms with Crippen molar-refractivity contribution in [2.45, 2.75) is 50.6 Å². The molecule has 0 saturated heterocycles. The molecule has 2 heterocycles. The van der Waals surface area contributed by atoms with Gasteiger partial charge in [0.1, 0.15) is 6.04 Å². The standard InChI is InChI=1S/C20H24N4O4S/c25-18-15-12-23(11-14(15)6-7-16(18)24(27)28)17(10-13-4-2-1-3-5-13)19(26)22-20-21-8-9-29-20/h6-9,11,13,15-17H,1-5,10,12H2,(H,21,22,26). The number of ketones is 1. The number of amides is 1. The minimum Gasteiger partial charge on any atom is -0.364 e. The Morgan fingerprint density at radius 3 is 2.86 bits per heavy atom. The normalized spacial score (nSPS) is 25.4. The minimum absolute atomic E-state index is 0.136. The SMILES string of the molecule is O=C(Nc1nccs1)C(CC1CCCCC1)N1C=C2C=CC([N+](=O)[O-])C(=O)C2C1. The number of fused-ring (bicyclic) bond motifs is 1. The molecule has 1 aromatic rings. The number of Topliss-reactive ketones (excluding diaryl/α,β-unsaturated/α-hetero) is 1. The first kappa shape index (κ1) is 19.8. The third-order valence-corrected chi connectivity index (χ3v) is 6.78. The first-order chi connectivity index (χ1) is 14.0. The maximum absolute atomic E-state index is 13.1. The summed E-state index contributed by atoms with van der Waals surface area (Å²) in [5.41, 5.74) is 0.754. The van der Waals surface area contributed by atoms with Crippen molar-refractivity contribution in [1.29, 1.82) is 0 Å². The van der Waals surface area contributed by atoms with Crippen LogP contribution in [-0.2, 0) is 9.59 Å². The third kappa shape index (κ3) is 4.24. The van der Waals surface area contributed by atoms with Crippen molar-refractivity contribution in [2.75, 3.05) is 11.9 Å².